The molecule has 0 radical (unpaired) electrons. The number of halogens is 1. The van der Waals surface area contributed by atoms with Crippen molar-refractivity contribution in [2.45, 2.75) is 19.0 Å². The van der Waals surface area contributed by atoms with Gasteiger partial charge in [0.25, 0.3) is 0 Å². The molecule has 0 spiro atoms. The van der Waals surface area contributed by atoms with Crippen molar-refractivity contribution in [3.05, 3.63) is 0 Å². The van der Waals surface area contributed by atoms with E-state index >= 15 is 0 Å². The van der Waals surface area contributed by atoms with Gasteiger partial charge in [-0.2, -0.15) is 12.6 Å². The van der Waals surface area contributed by atoms with Gasteiger partial charge < -0.3 is 0 Å². The van der Waals surface area contributed by atoms with Gasteiger partial charge in [0.15, 0.2) is 0 Å². The average molecular weight is 120 g/mol. The van der Waals surface area contributed by atoms with E-state index in [0.717, 1.165) is 18.6 Å². The zero-order valence-electron chi connectivity index (χ0n) is 4.10. The first-order chi connectivity index (χ1) is 3.33. The Kier molecular flexibility index (Phi) is 1.57. The molecule has 0 N–H and O–H groups in total. The van der Waals surface area contributed by atoms with Crippen LogP contribution in [-0.2, 0) is 0 Å². The van der Waals surface area contributed by atoms with Crippen LogP contribution >= 0.6 is 12.6 Å². The Labute approximate surface area is 48.5 Å². The van der Waals surface area contributed by atoms with E-state index in [1.807, 2.05) is 0 Å². The van der Waals surface area contributed by atoms with Crippen molar-refractivity contribution in [3.63, 3.8) is 0 Å². The molecule has 0 bridgehead atoms. The van der Waals surface area contributed by atoms with Crippen LogP contribution in [-0.4, -0.2) is 11.9 Å². The number of hydrogen-bond acceptors (Lipinski definition) is 1. The van der Waals surface area contributed by atoms with Crippen molar-refractivity contribution >= 4 is 12.6 Å². The lowest BCUT2D eigenvalue weighted by molar-refractivity contribution is 0.147. The smallest absolute Gasteiger partial charge is 0.101 e. The molecule has 0 aliphatic heterocycles. The molecule has 1 saturated carbocycles. The quantitative estimate of drug-likeness (QED) is 0.500. The first-order valence-electron chi connectivity index (χ1n) is 2.58. The number of rotatable bonds is 1. The molecule has 0 aromatic rings. The molecule has 42 valence electrons. The van der Waals surface area contributed by atoms with Crippen LogP contribution in [0.3, 0.4) is 0 Å². The summed E-state index contributed by atoms with van der Waals surface area (Å²) in [4.78, 5) is 0. The van der Waals surface area contributed by atoms with Crippen LogP contribution in [0.1, 0.15) is 12.8 Å². The van der Waals surface area contributed by atoms with Crippen LogP contribution < -0.4 is 0 Å². The number of hydrogen-bond donors (Lipinski definition) is 1. The van der Waals surface area contributed by atoms with Crippen LogP contribution in [0.5, 0.6) is 0 Å². The molecule has 0 aromatic carbocycles. The maximum atomic E-state index is 11.9. The van der Waals surface area contributed by atoms with Gasteiger partial charge in [-0.1, -0.05) is 0 Å². The Bertz CT molecular complexity index is 59.1. The molecule has 0 amide bonds. The second kappa shape index (κ2) is 2.03. The number of alkyl halides is 1. The molecule has 0 nitrogen and oxygen atoms in total. The van der Waals surface area contributed by atoms with Crippen LogP contribution in [0.25, 0.3) is 0 Å². The Morgan fingerprint density at radius 3 is 2.29 bits per heavy atom. The Hall–Kier alpha value is 0.280. The van der Waals surface area contributed by atoms with Gasteiger partial charge in [0.1, 0.15) is 6.17 Å². The van der Waals surface area contributed by atoms with E-state index in [4.69, 9.17) is 0 Å². The van der Waals surface area contributed by atoms with E-state index in [-0.39, 0.29) is 0 Å². The summed E-state index contributed by atoms with van der Waals surface area (Å²) < 4.78 is 11.9. The summed E-state index contributed by atoms with van der Waals surface area (Å²) in [7, 11) is 0. The van der Waals surface area contributed by atoms with E-state index in [2.05, 4.69) is 12.6 Å². The highest BCUT2D eigenvalue weighted by molar-refractivity contribution is 7.80. The predicted molar refractivity (Wildman–Crippen MR) is 31.5 cm³/mol. The van der Waals surface area contributed by atoms with Crippen LogP contribution in [0.15, 0.2) is 0 Å². The third-order valence-corrected chi connectivity index (χ3v) is 1.95. The Morgan fingerprint density at radius 1 is 1.57 bits per heavy atom. The molecule has 0 aromatic heterocycles. The Morgan fingerprint density at radius 2 is 2.14 bits per heavy atom. The van der Waals surface area contributed by atoms with E-state index in [0.29, 0.717) is 5.92 Å². The minimum absolute atomic E-state index is 0.503. The second-order valence-corrected chi connectivity index (χ2v) is 2.48. The monoisotopic (exact) mass is 120 g/mol. The molecule has 0 atom stereocenters. The van der Waals surface area contributed by atoms with Crippen LogP contribution in [0, 0.1) is 5.92 Å². The minimum atomic E-state index is -0.503. The standard InChI is InChI=1S/C5H9FS/c6-5-1-4(2-5)3-7/h4-5,7H,1-3H2/t4-,5+. The lowest BCUT2D eigenvalue weighted by Gasteiger charge is -2.27. The first-order valence-corrected chi connectivity index (χ1v) is 3.21. The highest BCUT2D eigenvalue weighted by Gasteiger charge is 2.26. The van der Waals surface area contributed by atoms with Gasteiger partial charge in [-0.3, -0.25) is 0 Å². The molecular formula is C5H9FS. The van der Waals surface area contributed by atoms with Gasteiger partial charge in [-0.15, -0.1) is 0 Å². The SMILES string of the molecule is F[C@H]1C[C@@H](CS)C1. The molecule has 1 aliphatic rings. The third-order valence-electron chi connectivity index (χ3n) is 1.44. The van der Waals surface area contributed by atoms with Gasteiger partial charge in [0.05, 0.1) is 0 Å². The zero-order valence-corrected chi connectivity index (χ0v) is 5.00. The fraction of sp³-hybridized carbons (Fsp3) is 1.00. The number of thiol groups is 1. The minimum Gasteiger partial charge on any atom is -0.247 e. The second-order valence-electron chi connectivity index (χ2n) is 2.12. The molecule has 7 heavy (non-hydrogen) atoms. The van der Waals surface area contributed by atoms with E-state index in [1.54, 1.807) is 0 Å². The summed E-state index contributed by atoms with van der Waals surface area (Å²) in [5, 5.41) is 0. The normalized spacial score (nSPS) is 40.3. The molecule has 2 heteroatoms. The topological polar surface area (TPSA) is 0 Å². The molecule has 0 unspecified atom stereocenters. The maximum absolute atomic E-state index is 11.9. The van der Waals surface area contributed by atoms with Gasteiger partial charge >= 0.3 is 0 Å². The fourth-order valence-electron chi connectivity index (χ4n) is 0.803. The van der Waals surface area contributed by atoms with Crippen molar-refractivity contribution < 1.29 is 4.39 Å². The molecule has 0 heterocycles. The summed E-state index contributed by atoms with van der Waals surface area (Å²) in [5.41, 5.74) is 0. The lowest BCUT2D eigenvalue weighted by Crippen LogP contribution is -2.25. The van der Waals surface area contributed by atoms with Crippen molar-refractivity contribution in [3.8, 4) is 0 Å². The third kappa shape index (κ3) is 1.09. The van der Waals surface area contributed by atoms with Crippen molar-refractivity contribution in [1.82, 2.24) is 0 Å². The van der Waals surface area contributed by atoms with E-state index in [9.17, 15) is 4.39 Å². The van der Waals surface area contributed by atoms with Gasteiger partial charge in [0, 0.05) is 0 Å². The van der Waals surface area contributed by atoms with Crippen LogP contribution in [0.2, 0.25) is 0 Å². The fourth-order valence-corrected chi connectivity index (χ4v) is 1.10. The van der Waals surface area contributed by atoms with Crippen molar-refractivity contribution in [1.29, 1.82) is 0 Å². The largest absolute Gasteiger partial charge is 0.247 e. The maximum Gasteiger partial charge on any atom is 0.101 e. The molecule has 1 aliphatic carbocycles. The van der Waals surface area contributed by atoms with Crippen molar-refractivity contribution in [2.24, 2.45) is 5.92 Å². The predicted octanol–water partition coefficient (Wildman–Crippen LogP) is 1.66. The van der Waals surface area contributed by atoms with E-state index < -0.39 is 6.17 Å². The Balaban J connectivity index is 2.06. The highest BCUT2D eigenvalue weighted by atomic mass is 32.1. The summed E-state index contributed by atoms with van der Waals surface area (Å²) >= 11 is 4.02. The van der Waals surface area contributed by atoms with Gasteiger partial charge in [-0.25, -0.2) is 4.39 Å². The molecule has 0 saturated heterocycles. The van der Waals surface area contributed by atoms with Gasteiger partial charge in [-0.05, 0) is 24.5 Å². The summed E-state index contributed by atoms with van der Waals surface area (Å²) in [6.07, 6.45) is 1.00. The molecular weight excluding hydrogens is 111 g/mol. The van der Waals surface area contributed by atoms with Gasteiger partial charge in [0.2, 0.25) is 0 Å². The van der Waals surface area contributed by atoms with Crippen LogP contribution in [0.4, 0.5) is 4.39 Å². The average Bonchev–Trinajstić information content (AvgIpc) is 1.58. The summed E-state index contributed by atoms with van der Waals surface area (Å²) in [6.45, 7) is 0. The van der Waals surface area contributed by atoms with E-state index in [1.165, 1.54) is 0 Å². The highest BCUT2D eigenvalue weighted by Crippen LogP contribution is 2.30. The molecule has 1 rings (SSSR count). The zero-order chi connectivity index (χ0) is 5.28. The summed E-state index contributed by atoms with van der Waals surface area (Å²) in [6, 6.07) is 0. The summed E-state index contributed by atoms with van der Waals surface area (Å²) in [5.74, 6) is 1.44. The molecule has 1 fully saturated rings. The lowest BCUT2D eigenvalue weighted by atomic mass is 9.85. The van der Waals surface area contributed by atoms with Crippen molar-refractivity contribution in [2.75, 3.05) is 5.75 Å². The first kappa shape index (κ1) is 5.42.